The van der Waals surface area contributed by atoms with Crippen molar-refractivity contribution < 1.29 is 9.53 Å². The number of nitrogens with one attached hydrogen (secondary N) is 1. The first kappa shape index (κ1) is 22.5. The fraction of sp³-hybridized carbons (Fsp3) is 0.375. The Bertz CT molecular complexity index is 1110. The van der Waals surface area contributed by atoms with Gasteiger partial charge in [0, 0.05) is 26.4 Å². The predicted molar refractivity (Wildman–Crippen MR) is 124 cm³/mol. The van der Waals surface area contributed by atoms with E-state index in [1.165, 1.54) is 10.1 Å². The molecule has 31 heavy (non-hydrogen) atoms. The topological polar surface area (TPSA) is 76.5 Å². The maximum atomic E-state index is 13.2. The van der Waals surface area contributed by atoms with Gasteiger partial charge in [0.1, 0.15) is 5.82 Å². The van der Waals surface area contributed by atoms with Gasteiger partial charge < -0.3 is 15.0 Å². The highest BCUT2D eigenvalue weighted by atomic mass is 16.5. The summed E-state index contributed by atoms with van der Waals surface area (Å²) in [6, 6.07) is 14.3. The summed E-state index contributed by atoms with van der Waals surface area (Å²) >= 11 is 0. The van der Waals surface area contributed by atoms with E-state index >= 15 is 0 Å². The van der Waals surface area contributed by atoms with Crippen molar-refractivity contribution in [2.45, 2.75) is 32.7 Å². The van der Waals surface area contributed by atoms with Crippen molar-refractivity contribution in [1.82, 2.24) is 14.5 Å². The number of hydrogen-bond acceptors (Lipinski definition) is 4. The van der Waals surface area contributed by atoms with Gasteiger partial charge in [-0.1, -0.05) is 38.1 Å². The van der Waals surface area contributed by atoms with Crippen molar-refractivity contribution in [3.05, 3.63) is 70.3 Å². The first-order valence-electron chi connectivity index (χ1n) is 10.5. The smallest absolute Gasteiger partial charge is 0.322 e. The number of aromatic nitrogens is 2. The van der Waals surface area contributed by atoms with Gasteiger partial charge in [-0.2, -0.15) is 0 Å². The number of rotatable bonds is 7. The normalized spacial score (nSPS) is 12.2. The Hall–Kier alpha value is -3.19. The molecule has 1 unspecified atom stereocenters. The van der Waals surface area contributed by atoms with Crippen molar-refractivity contribution >= 4 is 22.6 Å². The zero-order chi connectivity index (χ0) is 22.5. The molecule has 0 aliphatic carbocycles. The molecule has 2 amide bonds. The van der Waals surface area contributed by atoms with Crippen LogP contribution in [0.3, 0.4) is 0 Å². The van der Waals surface area contributed by atoms with Gasteiger partial charge in [-0.05, 0) is 42.7 Å². The number of urea groups is 1. The van der Waals surface area contributed by atoms with Crippen LogP contribution in [0.4, 0.5) is 10.5 Å². The van der Waals surface area contributed by atoms with Gasteiger partial charge in [0.2, 0.25) is 0 Å². The number of methoxy groups -OCH3 is 1. The fourth-order valence-corrected chi connectivity index (χ4v) is 3.56. The number of amides is 2. The summed E-state index contributed by atoms with van der Waals surface area (Å²) < 4.78 is 6.73. The lowest BCUT2D eigenvalue weighted by Gasteiger charge is -2.30. The van der Waals surface area contributed by atoms with Crippen LogP contribution >= 0.6 is 0 Å². The minimum atomic E-state index is -0.438. The van der Waals surface area contributed by atoms with Crippen molar-refractivity contribution in [1.29, 1.82) is 0 Å². The number of fused-ring (bicyclic) bond motifs is 1. The summed E-state index contributed by atoms with van der Waals surface area (Å²) in [5.74, 6) is 0.938. The molecule has 1 atom stereocenters. The highest BCUT2D eigenvalue weighted by Gasteiger charge is 2.25. The molecular formula is C24H30N4O3. The Morgan fingerprint density at radius 3 is 2.45 bits per heavy atom. The Morgan fingerprint density at radius 1 is 1.13 bits per heavy atom. The summed E-state index contributed by atoms with van der Waals surface area (Å²) in [6.45, 7) is 6.85. The van der Waals surface area contributed by atoms with Gasteiger partial charge in [-0.3, -0.25) is 9.36 Å². The van der Waals surface area contributed by atoms with Gasteiger partial charge >= 0.3 is 6.03 Å². The van der Waals surface area contributed by atoms with E-state index in [-0.39, 0.29) is 11.6 Å². The van der Waals surface area contributed by atoms with Gasteiger partial charge in [-0.25, -0.2) is 9.78 Å². The van der Waals surface area contributed by atoms with Crippen LogP contribution < -0.4 is 10.9 Å². The van der Waals surface area contributed by atoms with Crippen molar-refractivity contribution in [2.75, 3.05) is 25.6 Å². The summed E-state index contributed by atoms with van der Waals surface area (Å²) in [4.78, 5) is 32.3. The first-order valence-corrected chi connectivity index (χ1v) is 10.5. The molecule has 0 aliphatic rings. The average Bonchev–Trinajstić information content (AvgIpc) is 2.76. The Balaban J connectivity index is 1.91. The van der Waals surface area contributed by atoms with E-state index in [0.717, 1.165) is 0 Å². The van der Waals surface area contributed by atoms with E-state index < -0.39 is 6.04 Å². The lowest BCUT2D eigenvalue weighted by Crippen LogP contribution is -2.41. The third kappa shape index (κ3) is 4.94. The third-order valence-electron chi connectivity index (χ3n) is 5.48. The van der Waals surface area contributed by atoms with Gasteiger partial charge in [0.25, 0.3) is 5.56 Å². The number of benzene rings is 2. The molecule has 0 saturated carbocycles. The number of nitrogens with zero attached hydrogens (tertiary/aromatic N) is 3. The highest BCUT2D eigenvalue weighted by molar-refractivity contribution is 5.89. The molecule has 3 rings (SSSR count). The van der Waals surface area contributed by atoms with Crippen LogP contribution in [0.5, 0.6) is 0 Å². The van der Waals surface area contributed by atoms with E-state index in [0.29, 0.717) is 41.5 Å². The highest BCUT2D eigenvalue weighted by Crippen LogP contribution is 2.22. The maximum absolute atomic E-state index is 13.2. The van der Waals surface area contributed by atoms with E-state index in [2.05, 4.69) is 24.1 Å². The zero-order valence-corrected chi connectivity index (χ0v) is 18.8. The van der Waals surface area contributed by atoms with Crippen LogP contribution in [0, 0.1) is 0 Å². The number of hydrogen-bond donors (Lipinski definition) is 1. The summed E-state index contributed by atoms with van der Waals surface area (Å²) in [5, 5.41) is 3.51. The first-order chi connectivity index (χ1) is 14.8. The molecule has 0 radical (unpaired) electrons. The minimum absolute atomic E-state index is 0.135. The SMILES string of the molecule is COCCN(C(=O)Nc1ccc(C(C)C)cc1)C(C)c1nc2ccccc2c(=O)n1C. The van der Waals surface area contributed by atoms with Gasteiger partial charge in [-0.15, -0.1) is 0 Å². The lowest BCUT2D eigenvalue weighted by molar-refractivity contribution is 0.136. The molecule has 2 aromatic carbocycles. The quantitative estimate of drug-likeness (QED) is 0.616. The molecule has 0 saturated heterocycles. The molecule has 0 bridgehead atoms. The number of ether oxygens (including phenoxy) is 1. The van der Waals surface area contributed by atoms with E-state index in [1.54, 1.807) is 25.1 Å². The van der Waals surface area contributed by atoms with Crippen LogP contribution in [-0.2, 0) is 11.8 Å². The van der Waals surface area contributed by atoms with Gasteiger partial charge in [0.05, 0.1) is 23.6 Å². The molecule has 1 heterocycles. The van der Waals surface area contributed by atoms with E-state index in [1.807, 2.05) is 49.4 Å². The average molecular weight is 423 g/mol. The number of para-hydroxylation sites is 1. The second kappa shape index (κ2) is 9.75. The number of anilines is 1. The van der Waals surface area contributed by atoms with Crippen LogP contribution in [0.2, 0.25) is 0 Å². The molecule has 164 valence electrons. The summed E-state index contributed by atoms with van der Waals surface area (Å²) in [6.07, 6.45) is 0. The van der Waals surface area contributed by atoms with Crippen LogP contribution in [-0.4, -0.2) is 40.7 Å². The Kier molecular flexibility index (Phi) is 7.07. The molecular weight excluding hydrogens is 392 g/mol. The van der Waals surface area contributed by atoms with Crippen molar-refractivity contribution in [3.8, 4) is 0 Å². The molecule has 1 aromatic heterocycles. The third-order valence-corrected chi connectivity index (χ3v) is 5.48. The van der Waals surface area contributed by atoms with E-state index in [9.17, 15) is 9.59 Å². The maximum Gasteiger partial charge on any atom is 0.322 e. The molecule has 0 spiro atoms. The molecule has 1 N–H and O–H groups in total. The molecule has 3 aromatic rings. The summed E-state index contributed by atoms with van der Waals surface area (Å²) in [5.41, 5.74) is 2.40. The standard InChI is InChI=1S/C24H30N4O3/c1-16(2)18-10-12-19(13-11-18)25-24(30)28(14-15-31-5)17(3)22-26-21-9-7-6-8-20(21)23(29)27(22)4/h6-13,16-17H,14-15H2,1-5H3,(H,25,30). The minimum Gasteiger partial charge on any atom is -0.383 e. The second-order valence-corrected chi connectivity index (χ2v) is 7.92. The van der Waals surface area contributed by atoms with Crippen molar-refractivity contribution in [3.63, 3.8) is 0 Å². The summed E-state index contributed by atoms with van der Waals surface area (Å²) in [7, 11) is 3.28. The second-order valence-electron chi connectivity index (χ2n) is 7.92. The van der Waals surface area contributed by atoms with Crippen LogP contribution in [0.25, 0.3) is 10.9 Å². The van der Waals surface area contributed by atoms with Crippen molar-refractivity contribution in [2.24, 2.45) is 7.05 Å². The molecule has 7 heteroatoms. The number of carbonyl (C=O) groups excluding carboxylic acids is 1. The predicted octanol–water partition coefficient (Wildman–Crippen LogP) is 4.30. The zero-order valence-electron chi connectivity index (χ0n) is 18.8. The van der Waals surface area contributed by atoms with E-state index in [4.69, 9.17) is 4.74 Å². The largest absolute Gasteiger partial charge is 0.383 e. The van der Waals surface area contributed by atoms with Gasteiger partial charge in [0.15, 0.2) is 0 Å². The van der Waals surface area contributed by atoms with Crippen LogP contribution in [0.15, 0.2) is 53.3 Å². The number of carbonyl (C=O) groups is 1. The molecule has 0 aliphatic heterocycles. The fourth-order valence-electron chi connectivity index (χ4n) is 3.56. The molecule has 0 fully saturated rings. The Labute approximate surface area is 182 Å². The monoisotopic (exact) mass is 422 g/mol. The molecule has 7 nitrogen and oxygen atoms in total. The Morgan fingerprint density at radius 2 is 1.81 bits per heavy atom. The van der Waals surface area contributed by atoms with Crippen LogP contribution in [0.1, 0.15) is 44.1 Å². The lowest BCUT2D eigenvalue weighted by atomic mass is 10.0.